The first-order valence-corrected chi connectivity index (χ1v) is 7.15. The van der Waals surface area contributed by atoms with E-state index in [-0.39, 0.29) is 0 Å². The number of benzene rings is 2. The maximum absolute atomic E-state index is 14.2. The Morgan fingerprint density at radius 3 is 0.733 bits per heavy atom. The van der Waals surface area contributed by atoms with Gasteiger partial charge in [-0.25, -0.2) is 43.9 Å². The molecule has 4 aliphatic rings. The quantitative estimate of drug-likeness (QED) is 0.302. The van der Waals surface area contributed by atoms with Crippen molar-refractivity contribution >= 4 is 11.7 Å². The van der Waals surface area contributed by atoms with Gasteiger partial charge in [-0.1, -0.05) is 0 Å². The summed E-state index contributed by atoms with van der Waals surface area (Å²) in [6.45, 7) is 0. The number of alkyl halides is 4. The lowest BCUT2D eigenvalue weighted by atomic mass is 9.90. The Morgan fingerprint density at radius 2 is 0.533 bits per heavy atom. The largest absolute Gasteiger partial charge is 0.345 e. The monoisotopic (exact) mass is 458 g/mol. The van der Waals surface area contributed by atoms with E-state index >= 15 is 0 Å². The molecule has 2 aromatic carbocycles. The van der Waals surface area contributed by atoms with Crippen LogP contribution in [0.25, 0.3) is 11.7 Å². The van der Waals surface area contributed by atoms with Crippen molar-refractivity contribution in [1.29, 1.82) is 0 Å². The van der Waals surface area contributed by atoms with E-state index < -0.39 is 92.3 Å². The Hall–Kier alpha value is -2.80. The molecular formula is C16F14. The summed E-state index contributed by atoms with van der Waals surface area (Å²) in [6.07, 6.45) is 0. The average Bonchev–Trinajstić information content (AvgIpc) is 2.64. The Kier molecular flexibility index (Phi) is 4.63. The van der Waals surface area contributed by atoms with Crippen molar-refractivity contribution in [3.05, 3.63) is 68.8 Å². The van der Waals surface area contributed by atoms with Crippen LogP contribution in [0.2, 0.25) is 0 Å². The van der Waals surface area contributed by atoms with Crippen LogP contribution in [0.3, 0.4) is 0 Å². The first kappa shape index (κ1) is 21.9. The highest BCUT2D eigenvalue weighted by atomic mass is 19.3. The number of rotatable bonds is 0. The summed E-state index contributed by atoms with van der Waals surface area (Å²) in [6, 6.07) is 0. The van der Waals surface area contributed by atoms with E-state index in [4.69, 9.17) is 0 Å². The van der Waals surface area contributed by atoms with Crippen molar-refractivity contribution in [1.82, 2.24) is 0 Å². The van der Waals surface area contributed by atoms with Gasteiger partial charge < -0.3 is 0 Å². The van der Waals surface area contributed by atoms with Crippen molar-refractivity contribution in [2.45, 2.75) is 11.8 Å². The molecule has 4 bridgehead atoms. The van der Waals surface area contributed by atoms with Gasteiger partial charge in [-0.3, -0.25) is 0 Å². The molecule has 4 aliphatic carbocycles. The van der Waals surface area contributed by atoms with Crippen LogP contribution in [-0.4, -0.2) is 0 Å². The molecule has 0 saturated heterocycles. The van der Waals surface area contributed by atoms with Crippen molar-refractivity contribution < 1.29 is 61.5 Å². The molecule has 0 atom stereocenters. The Bertz CT molecular complexity index is 996. The fraction of sp³-hybridized carbons (Fsp3) is 0.125. The standard InChI is InChI=1S/C16F14/c17-5-1-7(19)11(23)3(12(24)8(1)20)15(27,28)16(29,30)4-13(25)9(21)2(6(5)18)10(22)14(4)26. The molecule has 0 radical (unpaired) electrons. The average molecular weight is 458 g/mol. The molecule has 0 nitrogen and oxygen atoms in total. The van der Waals surface area contributed by atoms with Crippen LogP contribution in [-0.2, 0) is 11.8 Å². The van der Waals surface area contributed by atoms with E-state index in [9.17, 15) is 61.5 Å². The van der Waals surface area contributed by atoms with Crippen LogP contribution in [0.5, 0.6) is 0 Å². The van der Waals surface area contributed by atoms with Crippen molar-refractivity contribution in [3.8, 4) is 0 Å². The first-order valence-electron chi connectivity index (χ1n) is 7.15. The molecule has 0 fully saturated rings. The number of hydrogen-bond donors (Lipinski definition) is 0. The molecule has 0 spiro atoms. The van der Waals surface area contributed by atoms with Crippen LogP contribution >= 0.6 is 0 Å². The normalized spacial score (nSPS) is 17.4. The molecule has 30 heavy (non-hydrogen) atoms. The van der Waals surface area contributed by atoms with E-state index in [0.29, 0.717) is 0 Å². The third-order valence-electron chi connectivity index (χ3n) is 4.18. The molecule has 0 aliphatic heterocycles. The molecular weight excluding hydrogens is 458 g/mol. The molecule has 6 rings (SSSR count). The second-order valence-electron chi connectivity index (χ2n) is 5.79. The Labute approximate surface area is 155 Å². The first-order chi connectivity index (χ1) is 13.6. The molecule has 162 valence electrons. The molecule has 0 saturated carbocycles. The molecule has 0 amide bonds. The van der Waals surface area contributed by atoms with Crippen LogP contribution < -0.4 is 0 Å². The molecule has 0 heterocycles. The van der Waals surface area contributed by atoms with Gasteiger partial charge in [0.15, 0.2) is 58.2 Å². The lowest BCUT2D eigenvalue weighted by molar-refractivity contribution is -0.230. The third-order valence-corrected chi connectivity index (χ3v) is 4.18. The smallest absolute Gasteiger partial charge is 0.203 e. The summed E-state index contributed by atoms with van der Waals surface area (Å²) < 4.78 is 196. The third kappa shape index (κ3) is 2.41. The summed E-state index contributed by atoms with van der Waals surface area (Å²) in [5, 5.41) is 0. The molecule has 0 aromatic heterocycles. The summed E-state index contributed by atoms with van der Waals surface area (Å²) in [7, 11) is 0. The zero-order valence-electron chi connectivity index (χ0n) is 13.3. The van der Waals surface area contributed by atoms with Gasteiger partial charge in [0.05, 0.1) is 11.1 Å². The molecule has 2 aromatic rings. The second-order valence-corrected chi connectivity index (χ2v) is 5.79. The van der Waals surface area contributed by atoms with Crippen LogP contribution in [0.1, 0.15) is 22.3 Å². The van der Waals surface area contributed by atoms with E-state index in [2.05, 4.69) is 0 Å². The SMILES string of the molecule is FC1=C(F)c2c(F)c(F)c(c(F)c2F)C(F)(F)C(F)(F)c2c(F)c(F)c1c(F)c2F. The fourth-order valence-corrected chi connectivity index (χ4v) is 2.73. The summed E-state index contributed by atoms with van der Waals surface area (Å²) in [4.78, 5) is 0. The van der Waals surface area contributed by atoms with Gasteiger partial charge in [-0.15, -0.1) is 0 Å². The Morgan fingerprint density at radius 1 is 0.333 bits per heavy atom. The fourth-order valence-electron chi connectivity index (χ4n) is 2.73. The molecule has 0 unspecified atom stereocenters. The maximum Gasteiger partial charge on any atom is 0.345 e. The van der Waals surface area contributed by atoms with Crippen molar-refractivity contribution in [2.24, 2.45) is 0 Å². The maximum atomic E-state index is 14.2. The topological polar surface area (TPSA) is 0 Å². The summed E-state index contributed by atoms with van der Waals surface area (Å²) in [5.74, 6) is -45.9. The van der Waals surface area contributed by atoms with Crippen LogP contribution in [0.15, 0.2) is 0 Å². The highest BCUT2D eigenvalue weighted by Gasteiger charge is 2.65. The zero-order chi connectivity index (χ0) is 23.1. The molecule has 0 N–H and O–H groups in total. The van der Waals surface area contributed by atoms with Crippen LogP contribution in [0, 0.1) is 46.5 Å². The van der Waals surface area contributed by atoms with Gasteiger partial charge >= 0.3 is 11.8 Å². The van der Waals surface area contributed by atoms with Gasteiger partial charge in [0.1, 0.15) is 11.1 Å². The second kappa shape index (κ2) is 6.35. The van der Waals surface area contributed by atoms with Crippen molar-refractivity contribution in [2.75, 3.05) is 0 Å². The van der Waals surface area contributed by atoms with Gasteiger partial charge in [0.2, 0.25) is 0 Å². The van der Waals surface area contributed by atoms with Crippen molar-refractivity contribution in [3.63, 3.8) is 0 Å². The van der Waals surface area contributed by atoms with E-state index in [0.717, 1.165) is 0 Å². The van der Waals surface area contributed by atoms with Gasteiger partial charge in [0, 0.05) is 0 Å². The van der Waals surface area contributed by atoms with Gasteiger partial charge in [-0.2, -0.15) is 17.6 Å². The highest BCUT2D eigenvalue weighted by Crippen LogP contribution is 2.54. The van der Waals surface area contributed by atoms with Crippen LogP contribution in [0.4, 0.5) is 61.5 Å². The lowest BCUT2D eigenvalue weighted by Crippen LogP contribution is -2.40. The minimum atomic E-state index is -6.60. The number of halogens is 14. The predicted octanol–water partition coefficient (Wildman–Crippen LogP) is 6.76. The minimum absolute atomic E-state index is 2.82. The van der Waals surface area contributed by atoms with Gasteiger partial charge in [-0.05, 0) is 0 Å². The highest BCUT2D eigenvalue weighted by molar-refractivity contribution is 5.84. The van der Waals surface area contributed by atoms with E-state index in [1.165, 1.54) is 0 Å². The van der Waals surface area contributed by atoms with E-state index in [1.807, 2.05) is 0 Å². The van der Waals surface area contributed by atoms with E-state index in [1.54, 1.807) is 0 Å². The Balaban J connectivity index is 2.77. The summed E-state index contributed by atoms with van der Waals surface area (Å²) >= 11 is 0. The van der Waals surface area contributed by atoms with Gasteiger partial charge in [0.25, 0.3) is 0 Å². The molecule has 14 heteroatoms. The minimum Gasteiger partial charge on any atom is -0.203 e. The summed E-state index contributed by atoms with van der Waals surface area (Å²) in [5.41, 5.74) is -12.6. The number of hydrogen-bond acceptors (Lipinski definition) is 0. The zero-order valence-corrected chi connectivity index (χ0v) is 13.3. The predicted molar refractivity (Wildman–Crippen MR) is 69.4 cm³/mol. The lowest BCUT2D eigenvalue weighted by Gasteiger charge is -2.29.